The van der Waals surface area contributed by atoms with Crippen molar-refractivity contribution < 1.29 is 14.3 Å². The predicted molar refractivity (Wildman–Crippen MR) is 96.6 cm³/mol. The van der Waals surface area contributed by atoms with E-state index in [9.17, 15) is 4.79 Å². The van der Waals surface area contributed by atoms with Crippen LogP contribution in [0.4, 0.5) is 4.79 Å². The van der Waals surface area contributed by atoms with Crippen LogP contribution in [0.5, 0.6) is 11.5 Å². The normalized spacial score (nSPS) is 10.9. The summed E-state index contributed by atoms with van der Waals surface area (Å²) in [7, 11) is 0. The van der Waals surface area contributed by atoms with Crippen LogP contribution in [0.2, 0.25) is 0 Å². The van der Waals surface area contributed by atoms with E-state index in [-0.39, 0.29) is 0 Å². The lowest BCUT2D eigenvalue weighted by atomic mass is 10.0. The summed E-state index contributed by atoms with van der Waals surface area (Å²) < 4.78 is 10.9. The summed E-state index contributed by atoms with van der Waals surface area (Å²) in [5, 5.41) is 0. The van der Waals surface area contributed by atoms with E-state index in [1.165, 1.54) is 0 Å². The van der Waals surface area contributed by atoms with Gasteiger partial charge in [-0.3, -0.25) is 0 Å². The Kier molecular flexibility index (Phi) is 6.42. The van der Waals surface area contributed by atoms with Crippen LogP contribution >= 0.6 is 0 Å². The molecule has 0 saturated carbocycles. The van der Waals surface area contributed by atoms with Crippen LogP contribution in [0.1, 0.15) is 38.8 Å². The fourth-order valence-electron chi connectivity index (χ4n) is 2.62. The first-order chi connectivity index (χ1) is 11.5. The molecule has 24 heavy (non-hydrogen) atoms. The average Bonchev–Trinajstić information content (AvgIpc) is 2.50. The van der Waals surface area contributed by atoms with Gasteiger partial charge >= 0.3 is 6.16 Å². The molecule has 0 aromatic heterocycles. The second-order valence-corrected chi connectivity index (χ2v) is 6.87. The van der Waals surface area contributed by atoms with Crippen molar-refractivity contribution in [3.05, 3.63) is 59.7 Å². The molecule has 128 valence electrons. The summed E-state index contributed by atoms with van der Waals surface area (Å²) in [6.07, 6.45) is 1.02. The molecule has 0 radical (unpaired) electrons. The van der Waals surface area contributed by atoms with Crippen molar-refractivity contribution in [1.29, 1.82) is 0 Å². The Balaban J connectivity index is 2.09. The van der Waals surface area contributed by atoms with Gasteiger partial charge in [0.1, 0.15) is 11.5 Å². The first-order valence-electron chi connectivity index (χ1n) is 8.51. The molecule has 2 rings (SSSR count). The van der Waals surface area contributed by atoms with Crippen LogP contribution in [0.15, 0.2) is 48.5 Å². The third kappa shape index (κ3) is 5.41. The maximum atomic E-state index is 12.2. The molecule has 0 N–H and O–H groups in total. The average molecular weight is 326 g/mol. The molecule has 0 amide bonds. The van der Waals surface area contributed by atoms with Crippen LogP contribution < -0.4 is 9.47 Å². The standard InChI is InChI=1S/C21H26O3/c1-15(2)13-17-9-5-7-11-19(17)23-21(22)24-20-12-8-6-10-18(20)14-16(3)4/h5-12,15-16H,13-14H2,1-4H3. The summed E-state index contributed by atoms with van der Waals surface area (Å²) in [6.45, 7) is 8.54. The third-order valence-corrected chi connectivity index (χ3v) is 3.59. The maximum absolute atomic E-state index is 12.2. The van der Waals surface area contributed by atoms with Gasteiger partial charge in [-0.25, -0.2) is 4.79 Å². The Morgan fingerprint density at radius 2 is 1.12 bits per heavy atom. The van der Waals surface area contributed by atoms with Gasteiger partial charge in [-0.05, 0) is 47.9 Å². The number of carbonyl (C=O) groups is 1. The number of hydrogen-bond acceptors (Lipinski definition) is 3. The van der Waals surface area contributed by atoms with Crippen molar-refractivity contribution in [1.82, 2.24) is 0 Å². The van der Waals surface area contributed by atoms with Gasteiger partial charge in [0.2, 0.25) is 0 Å². The smallest absolute Gasteiger partial charge is 0.394 e. The second-order valence-electron chi connectivity index (χ2n) is 6.87. The van der Waals surface area contributed by atoms with Crippen LogP contribution in [0.25, 0.3) is 0 Å². The van der Waals surface area contributed by atoms with Gasteiger partial charge in [0.25, 0.3) is 0 Å². The molecule has 3 heteroatoms. The Labute approximate surface area is 144 Å². The van der Waals surface area contributed by atoms with Crippen LogP contribution in [0, 0.1) is 11.8 Å². The molecule has 0 bridgehead atoms. The molecule has 0 unspecified atom stereocenters. The summed E-state index contributed by atoms with van der Waals surface area (Å²) in [6, 6.07) is 15.2. The van der Waals surface area contributed by atoms with E-state index in [0.717, 1.165) is 24.0 Å². The summed E-state index contributed by atoms with van der Waals surface area (Å²) >= 11 is 0. The minimum atomic E-state index is -0.692. The van der Waals surface area contributed by atoms with Crippen molar-refractivity contribution in [2.75, 3.05) is 0 Å². The van der Waals surface area contributed by atoms with E-state index in [1.54, 1.807) is 12.1 Å². The highest BCUT2D eigenvalue weighted by Gasteiger charge is 2.14. The minimum Gasteiger partial charge on any atom is -0.394 e. The molecule has 0 aliphatic heterocycles. The first-order valence-corrected chi connectivity index (χ1v) is 8.51. The van der Waals surface area contributed by atoms with Gasteiger partial charge in [-0.15, -0.1) is 0 Å². The third-order valence-electron chi connectivity index (χ3n) is 3.59. The molecular weight excluding hydrogens is 300 g/mol. The van der Waals surface area contributed by atoms with Crippen LogP contribution in [0.3, 0.4) is 0 Å². The van der Waals surface area contributed by atoms with Crippen molar-refractivity contribution in [3.8, 4) is 11.5 Å². The Hall–Kier alpha value is -2.29. The lowest BCUT2D eigenvalue weighted by Gasteiger charge is -2.13. The van der Waals surface area contributed by atoms with Crippen molar-refractivity contribution in [2.45, 2.75) is 40.5 Å². The molecular formula is C21H26O3. The highest BCUT2D eigenvalue weighted by molar-refractivity contribution is 5.68. The topological polar surface area (TPSA) is 35.5 Å². The lowest BCUT2D eigenvalue weighted by molar-refractivity contribution is 0.151. The SMILES string of the molecule is CC(C)Cc1ccccc1OC(=O)Oc1ccccc1CC(C)C. The van der Waals surface area contributed by atoms with Gasteiger partial charge in [-0.2, -0.15) is 0 Å². The number of carbonyl (C=O) groups excluding carboxylic acids is 1. The summed E-state index contributed by atoms with van der Waals surface area (Å²) in [5.41, 5.74) is 2.03. The molecule has 0 spiro atoms. The van der Waals surface area contributed by atoms with Crippen molar-refractivity contribution in [3.63, 3.8) is 0 Å². The lowest BCUT2D eigenvalue weighted by Crippen LogP contribution is -2.16. The molecule has 2 aromatic carbocycles. The summed E-state index contributed by atoms with van der Waals surface area (Å²) in [5.74, 6) is 2.10. The van der Waals surface area contributed by atoms with E-state index in [4.69, 9.17) is 9.47 Å². The fraction of sp³-hybridized carbons (Fsp3) is 0.381. The first kappa shape index (κ1) is 18.1. The Morgan fingerprint density at radius 3 is 1.50 bits per heavy atom. The Bertz CT molecular complexity index is 617. The number of ether oxygens (including phenoxy) is 2. The molecule has 0 atom stereocenters. The number of para-hydroxylation sites is 2. The zero-order valence-electron chi connectivity index (χ0n) is 14.9. The molecule has 0 saturated heterocycles. The van der Waals surface area contributed by atoms with E-state index < -0.39 is 6.16 Å². The maximum Gasteiger partial charge on any atom is 0.519 e. The van der Waals surface area contributed by atoms with Gasteiger partial charge in [0.05, 0.1) is 0 Å². The molecule has 0 fully saturated rings. The second kappa shape index (κ2) is 8.53. The van der Waals surface area contributed by atoms with E-state index in [0.29, 0.717) is 23.3 Å². The van der Waals surface area contributed by atoms with Gasteiger partial charge in [0, 0.05) is 0 Å². The van der Waals surface area contributed by atoms with Crippen molar-refractivity contribution in [2.24, 2.45) is 11.8 Å². The Morgan fingerprint density at radius 1 is 0.750 bits per heavy atom. The van der Waals surface area contributed by atoms with E-state index in [1.807, 2.05) is 36.4 Å². The van der Waals surface area contributed by atoms with Gasteiger partial charge in [-0.1, -0.05) is 64.1 Å². The van der Waals surface area contributed by atoms with E-state index >= 15 is 0 Å². The largest absolute Gasteiger partial charge is 0.519 e. The zero-order valence-corrected chi connectivity index (χ0v) is 14.9. The van der Waals surface area contributed by atoms with Gasteiger partial charge in [0.15, 0.2) is 0 Å². The highest BCUT2D eigenvalue weighted by Crippen LogP contribution is 2.24. The van der Waals surface area contributed by atoms with Crippen LogP contribution in [-0.4, -0.2) is 6.16 Å². The molecule has 2 aromatic rings. The molecule has 0 aliphatic rings. The van der Waals surface area contributed by atoms with Gasteiger partial charge < -0.3 is 9.47 Å². The minimum absolute atomic E-state index is 0.484. The monoisotopic (exact) mass is 326 g/mol. The highest BCUT2D eigenvalue weighted by atomic mass is 16.7. The van der Waals surface area contributed by atoms with Crippen LogP contribution in [-0.2, 0) is 12.8 Å². The van der Waals surface area contributed by atoms with E-state index in [2.05, 4.69) is 27.7 Å². The zero-order chi connectivity index (χ0) is 17.5. The quantitative estimate of drug-likeness (QED) is 0.507. The van der Waals surface area contributed by atoms with Crippen molar-refractivity contribution >= 4 is 6.16 Å². The predicted octanol–water partition coefficient (Wildman–Crippen LogP) is 5.66. The number of rotatable bonds is 6. The number of hydrogen-bond donors (Lipinski definition) is 0. The molecule has 3 nitrogen and oxygen atoms in total. The number of benzene rings is 2. The molecule has 0 aliphatic carbocycles. The molecule has 0 heterocycles. The summed E-state index contributed by atoms with van der Waals surface area (Å²) in [4.78, 5) is 12.2. The fourth-order valence-corrected chi connectivity index (χ4v) is 2.62.